The van der Waals surface area contributed by atoms with Gasteiger partial charge in [-0.05, 0) is 89.1 Å². The van der Waals surface area contributed by atoms with Crippen LogP contribution in [0.4, 0.5) is 45.0 Å². The maximum absolute atomic E-state index is 14.1. The fourth-order valence-corrected chi connectivity index (χ4v) is 7.09. The summed E-state index contributed by atoms with van der Waals surface area (Å²) >= 11 is 0. The molecule has 1 saturated heterocycles. The highest BCUT2D eigenvalue weighted by Crippen LogP contribution is 2.35. The number of nitrogens with one attached hydrogen (secondary N) is 5. The largest absolute Gasteiger partial charge is 0.465 e. The van der Waals surface area contributed by atoms with E-state index in [4.69, 9.17) is 14.8 Å². The van der Waals surface area contributed by atoms with Crippen LogP contribution in [0.15, 0.2) is 48.7 Å². The Morgan fingerprint density at radius 1 is 0.893 bits per heavy atom. The van der Waals surface area contributed by atoms with E-state index in [-0.39, 0.29) is 41.7 Å². The number of aryl methyl sites for hydroxylation is 1. The minimum Gasteiger partial charge on any atom is -0.465 e. The molecule has 0 unspecified atom stereocenters. The van der Waals surface area contributed by atoms with E-state index in [1.54, 1.807) is 24.0 Å². The summed E-state index contributed by atoms with van der Waals surface area (Å²) in [5.74, 6) is 0.705. The molecular weight excluding hydrogens is 733 g/mol. The number of benzene rings is 2. The predicted octanol–water partition coefficient (Wildman–Crippen LogP) is 7.17. The van der Waals surface area contributed by atoms with E-state index < -0.39 is 35.6 Å². The first kappa shape index (κ1) is 40.0. The molecule has 0 radical (unpaired) electrons. The van der Waals surface area contributed by atoms with Crippen LogP contribution in [0.5, 0.6) is 0 Å². The number of halogens is 3. The molecule has 2 aromatic carbocycles. The zero-order valence-electron chi connectivity index (χ0n) is 31.7. The van der Waals surface area contributed by atoms with Crippen LogP contribution in [-0.2, 0) is 24.5 Å². The molecule has 2 fully saturated rings. The number of urea groups is 1. The summed E-state index contributed by atoms with van der Waals surface area (Å²) in [6, 6.07) is 10.2. The molecule has 1 aliphatic heterocycles. The Bertz CT molecular complexity index is 2050. The van der Waals surface area contributed by atoms with Crippen LogP contribution in [0.25, 0.3) is 22.2 Å². The Morgan fingerprint density at radius 3 is 2.27 bits per heavy atom. The number of aromatic nitrogens is 4. The van der Waals surface area contributed by atoms with Crippen LogP contribution < -0.4 is 26.6 Å². The van der Waals surface area contributed by atoms with E-state index >= 15 is 0 Å². The Morgan fingerprint density at radius 2 is 1.59 bits per heavy atom. The number of fused-ring (bicyclic) bond motifs is 1. The lowest BCUT2D eigenvalue weighted by Gasteiger charge is -2.32. The molecule has 2 aliphatic rings. The van der Waals surface area contributed by atoms with Gasteiger partial charge in [-0.3, -0.25) is 14.9 Å². The first-order chi connectivity index (χ1) is 26.5. The Kier molecular flexibility index (Phi) is 11.9. The molecule has 0 atom stereocenters. The number of nitrogens with zero attached hydrogens (tertiary/aromatic N) is 5. The lowest BCUT2D eigenvalue weighted by atomic mass is 9.91. The SMILES string of the molecule is Cn1nc(NC(=O)Nc2ccc(CN3CCC(NC(=O)O)CC3)c(C(F)(F)F)c2)cc1-c1ccc2nc(NC3CCC(NC(=O)OC(C)(C)C)CC3)ncc2c1. The third kappa shape index (κ3) is 10.8. The molecule has 18 heteroatoms. The molecule has 3 heterocycles. The molecule has 1 saturated carbocycles. The van der Waals surface area contributed by atoms with Gasteiger partial charge in [-0.1, -0.05) is 12.1 Å². The van der Waals surface area contributed by atoms with Gasteiger partial charge >= 0.3 is 24.4 Å². The Hall–Kier alpha value is -5.65. The van der Waals surface area contributed by atoms with Gasteiger partial charge in [0.1, 0.15) is 5.60 Å². The zero-order valence-corrected chi connectivity index (χ0v) is 31.7. The molecule has 6 N–H and O–H groups in total. The number of hydrogen-bond acceptors (Lipinski definition) is 9. The molecule has 0 spiro atoms. The fourth-order valence-electron chi connectivity index (χ4n) is 7.09. The van der Waals surface area contributed by atoms with Crippen LogP contribution in [0.1, 0.15) is 70.4 Å². The normalized spacial score (nSPS) is 18.3. The summed E-state index contributed by atoms with van der Waals surface area (Å²) < 4.78 is 49.3. The molecule has 4 aromatic rings. The number of rotatable bonds is 9. The third-order valence-electron chi connectivity index (χ3n) is 9.76. The van der Waals surface area contributed by atoms with E-state index in [1.807, 2.05) is 43.9 Å². The summed E-state index contributed by atoms with van der Waals surface area (Å²) in [6.45, 7) is 6.44. The highest BCUT2D eigenvalue weighted by Gasteiger charge is 2.35. The number of alkyl carbamates (subject to hydrolysis) is 1. The van der Waals surface area contributed by atoms with Gasteiger partial charge in [0.15, 0.2) is 5.82 Å². The summed E-state index contributed by atoms with van der Waals surface area (Å²) in [6.07, 6.45) is -0.156. The van der Waals surface area contributed by atoms with Crippen molar-refractivity contribution in [2.24, 2.45) is 7.05 Å². The molecule has 1 aliphatic carbocycles. The number of ether oxygens (including phenoxy) is 1. The van der Waals surface area contributed by atoms with Crippen molar-refractivity contribution in [2.45, 2.75) is 95.7 Å². The van der Waals surface area contributed by atoms with Gasteiger partial charge in [-0.15, -0.1) is 0 Å². The van der Waals surface area contributed by atoms with Gasteiger partial charge in [0.05, 0.1) is 16.8 Å². The van der Waals surface area contributed by atoms with Gasteiger partial charge in [-0.2, -0.15) is 18.3 Å². The van der Waals surface area contributed by atoms with E-state index in [0.29, 0.717) is 37.6 Å². The average molecular weight is 781 g/mol. The molecule has 0 bridgehead atoms. The monoisotopic (exact) mass is 780 g/mol. The van der Waals surface area contributed by atoms with Crippen LogP contribution in [0.2, 0.25) is 0 Å². The van der Waals surface area contributed by atoms with Crippen LogP contribution in [0.3, 0.4) is 0 Å². The number of carboxylic acid groups (broad SMARTS) is 1. The van der Waals surface area contributed by atoms with Crippen molar-refractivity contribution in [1.82, 2.24) is 35.3 Å². The van der Waals surface area contributed by atoms with Crippen molar-refractivity contribution in [1.29, 1.82) is 0 Å². The van der Waals surface area contributed by atoms with E-state index in [9.17, 15) is 27.6 Å². The number of piperidine rings is 1. The summed E-state index contributed by atoms with van der Waals surface area (Å²) in [5, 5.41) is 28.0. The van der Waals surface area contributed by atoms with Crippen LogP contribution >= 0.6 is 0 Å². The first-order valence-electron chi connectivity index (χ1n) is 18.5. The molecule has 56 heavy (non-hydrogen) atoms. The van der Waals surface area contributed by atoms with Crippen molar-refractivity contribution >= 4 is 46.6 Å². The average Bonchev–Trinajstić information content (AvgIpc) is 3.48. The lowest BCUT2D eigenvalue weighted by molar-refractivity contribution is -0.138. The molecular formula is C38H47F3N10O5. The second kappa shape index (κ2) is 16.6. The van der Waals surface area contributed by atoms with E-state index in [2.05, 4.69) is 36.7 Å². The topological polar surface area (TPSA) is 188 Å². The summed E-state index contributed by atoms with van der Waals surface area (Å²) in [7, 11) is 1.71. The van der Waals surface area contributed by atoms with Crippen LogP contribution in [0, 0.1) is 0 Å². The predicted molar refractivity (Wildman–Crippen MR) is 204 cm³/mol. The third-order valence-corrected chi connectivity index (χ3v) is 9.76. The number of anilines is 3. The highest BCUT2D eigenvalue weighted by atomic mass is 19.4. The van der Waals surface area contributed by atoms with Crippen molar-refractivity contribution < 1.29 is 37.4 Å². The highest BCUT2D eigenvalue weighted by molar-refractivity contribution is 5.99. The second-order valence-corrected chi connectivity index (χ2v) is 15.3. The van der Waals surface area contributed by atoms with Gasteiger partial charge < -0.3 is 31.1 Å². The summed E-state index contributed by atoms with van der Waals surface area (Å²) in [4.78, 5) is 47.0. The quantitative estimate of drug-likeness (QED) is 0.102. The minimum absolute atomic E-state index is 0.0367. The molecule has 2 aromatic heterocycles. The Labute approximate surface area is 321 Å². The Balaban J connectivity index is 1.03. The maximum atomic E-state index is 14.1. The number of carbonyl (C=O) groups is 3. The standard InChI is InChI=1S/C38H47F3N10O5/c1-37(2,3)56-36(55)46-26-10-8-25(9-11-26)43-33-42-20-24-17-22(6-12-30(24)47-33)31-19-32(49-50(31)4)48-34(52)44-28-7-5-23(29(18-28)38(39,40)41)21-51-15-13-27(14-16-51)45-35(53)54/h5-7,12,17-20,25-27,45H,8-11,13-16,21H2,1-4H3,(H,46,55)(H,53,54)(H,42,43,47)(H2,44,48,49,52). The fraction of sp³-hybridized carbons (Fsp3) is 0.474. The van der Waals surface area contributed by atoms with Crippen molar-refractivity contribution in [3.05, 3.63) is 59.8 Å². The zero-order chi connectivity index (χ0) is 40.2. The number of amides is 4. The van der Waals surface area contributed by atoms with Crippen molar-refractivity contribution in [3.8, 4) is 11.3 Å². The number of hydrogen-bond donors (Lipinski definition) is 6. The van der Waals surface area contributed by atoms with Crippen molar-refractivity contribution in [2.75, 3.05) is 29.0 Å². The van der Waals surface area contributed by atoms with Gasteiger partial charge in [0.25, 0.3) is 0 Å². The van der Waals surface area contributed by atoms with Gasteiger partial charge in [-0.25, -0.2) is 24.4 Å². The number of carbonyl (C=O) groups excluding carboxylic acids is 2. The lowest BCUT2D eigenvalue weighted by Crippen LogP contribution is -2.44. The molecule has 4 amide bonds. The van der Waals surface area contributed by atoms with Gasteiger partial charge in [0.2, 0.25) is 5.95 Å². The number of likely N-dealkylation sites (tertiary alicyclic amines) is 1. The first-order valence-corrected chi connectivity index (χ1v) is 18.5. The van der Waals surface area contributed by atoms with Crippen LogP contribution in [-0.4, -0.2) is 84.8 Å². The number of alkyl halides is 3. The summed E-state index contributed by atoms with van der Waals surface area (Å²) in [5.41, 5.74) is 0.805. The smallest absolute Gasteiger partial charge is 0.416 e. The second-order valence-electron chi connectivity index (χ2n) is 15.3. The minimum atomic E-state index is -4.66. The van der Waals surface area contributed by atoms with Crippen molar-refractivity contribution in [3.63, 3.8) is 0 Å². The molecule has 6 rings (SSSR count). The van der Waals surface area contributed by atoms with E-state index in [0.717, 1.165) is 48.2 Å². The van der Waals surface area contributed by atoms with Gasteiger partial charge in [0, 0.05) is 73.7 Å². The molecule has 15 nitrogen and oxygen atoms in total. The molecule has 300 valence electrons. The van der Waals surface area contributed by atoms with E-state index in [1.165, 1.54) is 12.1 Å². The maximum Gasteiger partial charge on any atom is 0.416 e.